The number of hydrogen-bond donors (Lipinski definition) is 0. The zero-order valence-corrected chi connectivity index (χ0v) is 15.9. The van der Waals surface area contributed by atoms with Crippen LogP contribution in [0.2, 0.25) is 0 Å². The van der Waals surface area contributed by atoms with E-state index in [0.717, 1.165) is 0 Å². The second-order valence-corrected chi connectivity index (χ2v) is 8.91. The van der Waals surface area contributed by atoms with E-state index in [1.807, 2.05) is 30.7 Å². The summed E-state index contributed by atoms with van der Waals surface area (Å²) in [6.45, 7) is 0. The Morgan fingerprint density at radius 2 is 0.714 bits per heavy atom. The molecular formula is C5H5Cl6Ti3. The van der Waals surface area contributed by atoms with Crippen LogP contribution in [0, 0.1) is 6.42 Å². The van der Waals surface area contributed by atoms with Gasteiger partial charge in [-0.3, -0.25) is 0 Å². The fraction of sp³-hybridized carbons (Fsp3) is 0. The van der Waals surface area contributed by atoms with Crippen molar-refractivity contribution in [1.82, 2.24) is 0 Å². The summed E-state index contributed by atoms with van der Waals surface area (Å²) in [5.41, 5.74) is 0. The van der Waals surface area contributed by atoms with Gasteiger partial charge < -0.3 is 0 Å². The predicted molar refractivity (Wildman–Crippen MR) is 57.7 cm³/mol. The van der Waals surface area contributed by atoms with Crippen molar-refractivity contribution in [1.29, 1.82) is 0 Å². The van der Waals surface area contributed by atoms with Crippen molar-refractivity contribution in [2.24, 2.45) is 0 Å². The van der Waals surface area contributed by atoms with Crippen LogP contribution in [0.1, 0.15) is 0 Å². The van der Waals surface area contributed by atoms with Gasteiger partial charge in [0.1, 0.15) is 0 Å². The van der Waals surface area contributed by atoms with Crippen LogP contribution in [0.4, 0.5) is 0 Å². The van der Waals surface area contributed by atoms with Crippen LogP contribution in [0.15, 0.2) is 24.3 Å². The van der Waals surface area contributed by atoms with Gasteiger partial charge in [0.05, 0.1) is 0 Å². The number of rotatable bonds is 0. The van der Waals surface area contributed by atoms with Crippen LogP contribution in [-0.4, -0.2) is 0 Å². The first kappa shape index (κ1) is 22.5. The second kappa shape index (κ2) is 29.9. The van der Waals surface area contributed by atoms with Crippen LogP contribution in [0.3, 0.4) is 0 Å². The topological polar surface area (TPSA) is 0 Å². The number of hydrogen-bond acceptors (Lipinski definition) is 0. The molecule has 1 aliphatic rings. The van der Waals surface area contributed by atoms with Crippen LogP contribution in [0.25, 0.3) is 0 Å². The van der Waals surface area contributed by atoms with Gasteiger partial charge in [-0.05, 0) is 0 Å². The summed E-state index contributed by atoms with van der Waals surface area (Å²) in [4.78, 5) is 0. The Labute approximate surface area is 135 Å². The number of halogens is 6. The van der Waals surface area contributed by atoms with Gasteiger partial charge in [0.25, 0.3) is 0 Å². The molecule has 0 amide bonds. The van der Waals surface area contributed by atoms with E-state index in [2.05, 4.69) is 0 Å². The molecule has 0 fully saturated rings. The van der Waals surface area contributed by atoms with Crippen molar-refractivity contribution in [2.75, 3.05) is 0 Å². The molecule has 0 heterocycles. The Morgan fingerprint density at radius 1 is 0.500 bits per heavy atom. The van der Waals surface area contributed by atoms with Crippen molar-refractivity contribution in [3.63, 3.8) is 0 Å². The van der Waals surface area contributed by atoms with Crippen LogP contribution in [-0.2, 0) is 51.1 Å². The average Bonchev–Trinajstić information content (AvgIpc) is 2.63. The summed E-state index contributed by atoms with van der Waals surface area (Å²) in [6, 6.07) is 0. The summed E-state index contributed by atoms with van der Waals surface area (Å²) in [6.07, 6.45) is 10.0. The molecule has 79 valence electrons. The molecule has 0 aromatic heterocycles. The second-order valence-electron chi connectivity index (χ2n) is 1.18. The van der Waals surface area contributed by atoms with Crippen LogP contribution in [0.5, 0.6) is 0 Å². The monoisotopic (exact) mass is 419 g/mol. The normalized spacial score (nSPS) is 9.29. The molecule has 0 atom stereocenters. The molecule has 14 heavy (non-hydrogen) atoms. The van der Waals surface area contributed by atoms with E-state index in [9.17, 15) is 0 Å². The summed E-state index contributed by atoms with van der Waals surface area (Å²) >= 11 is -1.67. The van der Waals surface area contributed by atoms with Gasteiger partial charge in [0, 0.05) is 6.42 Å². The summed E-state index contributed by atoms with van der Waals surface area (Å²) < 4.78 is 0. The molecular weight excluding hydrogens is 416 g/mol. The standard InChI is InChI=1S/C5H5.6ClH.3Ti/c1-2-4-5-3-1;;;;;;;;;/h1-5H;6*1H;;;/q;;;;;;;3*+2/p-6. The first-order valence-electron chi connectivity index (χ1n) is 2.80. The predicted octanol–water partition coefficient (Wildman–Crippen LogP) is 5.45. The van der Waals surface area contributed by atoms with E-state index >= 15 is 0 Å². The van der Waals surface area contributed by atoms with E-state index in [0.29, 0.717) is 0 Å². The van der Waals surface area contributed by atoms with E-state index in [-0.39, 0.29) is 0 Å². The molecule has 9 heteroatoms. The van der Waals surface area contributed by atoms with Crippen molar-refractivity contribution < 1.29 is 51.1 Å². The first-order valence-corrected chi connectivity index (χ1v) is 15.7. The van der Waals surface area contributed by atoms with Crippen molar-refractivity contribution in [3.8, 4) is 0 Å². The maximum absolute atomic E-state index is 4.89. The van der Waals surface area contributed by atoms with E-state index in [4.69, 9.17) is 55.8 Å². The molecule has 0 spiro atoms. The Bertz CT molecular complexity index is 105. The van der Waals surface area contributed by atoms with Gasteiger partial charge in [-0.2, -0.15) is 0 Å². The molecule has 0 unspecified atom stereocenters. The zero-order chi connectivity index (χ0) is 11.7. The van der Waals surface area contributed by atoms with Gasteiger partial charge in [0.2, 0.25) is 0 Å². The molecule has 1 aliphatic carbocycles. The Balaban J connectivity index is -0.000000121. The fourth-order valence-corrected chi connectivity index (χ4v) is 0.321. The van der Waals surface area contributed by atoms with Gasteiger partial charge in [0.15, 0.2) is 0 Å². The van der Waals surface area contributed by atoms with Crippen molar-refractivity contribution in [2.45, 2.75) is 0 Å². The van der Waals surface area contributed by atoms with Gasteiger partial charge >= 0.3 is 107 Å². The molecule has 0 saturated heterocycles. The fourth-order valence-electron chi connectivity index (χ4n) is 0.321. The minimum absolute atomic E-state index is 0.556. The van der Waals surface area contributed by atoms with E-state index in [1.165, 1.54) is 0 Å². The Hall–Kier alpha value is 3.36. The molecule has 1 rings (SSSR count). The molecule has 0 bridgehead atoms. The van der Waals surface area contributed by atoms with Gasteiger partial charge in [-0.15, -0.1) is 0 Å². The van der Waals surface area contributed by atoms with Gasteiger partial charge in [-0.1, -0.05) is 24.3 Å². The number of allylic oxidation sites excluding steroid dienone is 4. The molecule has 0 N–H and O–H groups in total. The molecule has 0 aliphatic heterocycles. The summed E-state index contributed by atoms with van der Waals surface area (Å²) in [5.74, 6) is 0. The van der Waals surface area contributed by atoms with Gasteiger partial charge in [-0.25, -0.2) is 0 Å². The molecule has 0 nitrogen and oxygen atoms in total. The third-order valence-corrected chi connectivity index (χ3v) is 0.556. The quantitative estimate of drug-likeness (QED) is 0.457. The Morgan fingerprint density at radius 3 is 0.786 bits per heavy atom. The van der Waals surface area contributed by atoms with Crippen LogP contribution < -0.4 is 0 Å². The average molecular weight is 421 g/mol. The molecule has 0 aromatic rings. The van der Waals surface area contributed by atoms with Crippen molar-refractivity contribution >= 4 is 55.8 Å². The van der Waals surface area contributed by atoms with E-state index < -0.39 is 51.1 Å². The third-order valence-electron chi connectivity index (χ3n) is 0.556. The minimum atomic E-state index is -0.556. The molecule has 0 aromatic carbocycles. The third kappa shape index (κ3) is 45.3. The van der Waals surface area contributed by atoms with Crippen LogP contribution >= 0.6 is 55.8 Å². The summed E-state index contributed by atoms with van der Waals surface area (Å²) in [5, 5.41) is 0. The van der Waals surface area contributed by atoms with E-state index in [1.54, 1.807) is 0 Å². The molecule has 1 radical (unpaired) electrons. The molecule has 0 saturated carbocycles. The first-order chi connectivity index (χ1) is 6.74. The van der Waals surface area contributed by atoms with Crippen molar-refractivity contribution in [3.05, 3.63) is 30.7 Å². The maximum atomic E-state index is 4.89. The Kier molecular flexibility index (Phi) is 48.1. The summed E-state index contributed by atoms with van der Waals surface area (Å²) in [7, 11) is 29.3. The SMILES string of the molecule is [CH]1C=CC=C1.[Cl][Ti][Cl].[Cl][Ti][Cl].[Cl][Ti][Cl]. The zero-order valence-electron chi connectivity index (χ0n) is 6.65.